The number of halogens is 1. The van der Waals surface area contributed by atoms with Gasteiger partial charge in [0.05, 0.1) is 0 Å². The summed E-state index contributed by atoms with van der Waals surface area (Å²) in [5.41, 5.74) is 6.92. The van der Waals surface area contributed by atoms with Crippen molar-refractivity contribution in [3.63, 3.8) is 0 Å². The molecule has 1 aromatic carbocycles. The molecule has 1 aromatic rings. The Bertz CT molecular complexity index is 314. The van der Waals surface area contributed by atoms with E-state index in [4.69, 9.17) is 5.73 Å². The van der Waals surface area contributed by atoms with Gasteiger partial charge in [0.25, 0.3) is 0 Å². The first kappa shape index (κ1) is 13.1. The first-order valence-electron chi connectivity index (χ1n) is 5.59. The second kappa shape index (κ2) is 5.41. The number of rotatable bonds is 5. The summed E-state index contributed by atoms with van der Waals surface area (Å²) in [5.74, 6) is -0.186. The van der Waals surface area contributed by atoms with Crippen molar-refractivity contribution in [2.75, 3.05) is 13.6 Å². The van der Waals surface area contributed by atoms with E-state index in [1.54, 1.807) is 0 Å². The average molecular weight is 224 g/mol. The minimum absolute atomic E-state index is 0.128. The third-order valence-electron chi connectivity index (χ3n) is 2.50. The lowest BCUT2D eigenvalue weighted by Gasteiger charge is -2.23. The van der Waals surface area contributed by atoms with Gasteiger partial charge in [0, 0.05) is 12.1 Å². The number of benzene rings is 1. The molecule has 0 atom stereocenters. The largest absolute Gasteiger partial charge is 0.326 e. The van der Waals surface area contributed by atoms with Crippen molar-refractivity contribution in [3.05, 3.63) is 35.6 Å². The molecule has 0 spiro atoms. The van der Waals surface area contributed by atoms with Crippen molar-refractivity contribution in [1.29, 1.82) is 0 Å². The van der Waals surface area contributed by atoms with Crippen LogP contribution in [0.2, 0.25) is 0 Å². The quantitative estimate of drug-likeness (QED) is 0.832. The Morgan fingerprint density at radius 3 is 2.31 bits per heavy atom. The zero-order valence-electron chi connectivity index (χ0n) is 10.3. The van der Waals surface area contributed by atoms with E-state index in [9.17, 15) is 4.39 Å². The molecule has 0 amide bonds. The van der Waals surface area contributed by atoms with Crippen LogP contribution < -0.4 is 5.73 Å². The zero-order chi connectivity index (χ0) is 12.2. The molecule has 1 rings (SSSR count). The van der Waals surface area contributed by atoms with Crippen LogP contribution in [0.15, 0.2) is 24.3 Å². The number of nitrogens with zero attached hydrogens (tertiary/aromatic N) is 1. The van der Waals surface area contributed by atoms with E-state index in [-0.39, 0.29) is 11.4 Å². The number of hydrogen-bond donors (Lipinski definition) is 1. The molecular weight excluding hydrogens is 203 g/mol. The fourth-order valence-electron chi connectivity index (χ4n) is 1.46. The fraction of sp³-hybridized carbons (Fsp3) is 0.538. The summed E-state index contributed by atoms with van der Waals surface area (Å²) in [6.45, 7) is 5.83. The van der Waals surface area contributed by atoms with Crippen LogP contribution in [0.5, 0.6) is 0 Å². The van der Waals surface area contributed by atoms with Crippen molar-refractivity contribution < 1.29 is 4.39 Å². The molecule has 0 bridgehead atoms. The van der Waals surface area contributed by atoms with Gasteiger partial charge >= 0.3 is 0 Å². The van der Waals surface area contributed by atoms with Crippen LogP contribution in [0.25, 0.3) is 0 Å². The molecule has 0 aliphatic rings. The molecule has 2 nitrogen and oxygen atoms in total. The second-order valence-corrected chi connectivity index (χ2v) is 5.10. The lowest BCUT2D eigenvalue weighted by Crippen LogP contribution is -2.36. The molecule has 0 saturated carbocycles. The Morgan fingerprint density at radius 2 is 1.81 bits per heavy atom. The van der Waals surface area contributed by atoms with Gasteiger partial charge in [-0.3, -0.25) is 0 Å². The molecule has 0 radical (unpaired) electrons. The minimum atomic E-state index is -0.186. The molecule has 16 heavy (non-hydrogen) atoms. The normalized spacial score (nSPS) is 12.1. The van der Waals surface area contributed by atoms with Crippen molar-refractivity contribution in [1.82, 2.24) is 4.90 Å². The molecule has 2 N–H and O–H groups in total. The van der Waals surface area contributed by atoms with Crippen molar-refractivity contribution in [2.45, 2.75) is 32.4 Å². The van der Waals surface area contributed by atoms with E-state index >= 15 is 0 Å². The first-order valence-corrected chi connectivity index (χ1v) is 5.59. The highest BCUT2D eigenvalue weighted by atomic mass is 19.1. The summed E-state index contributed by atoms with van der Waals surface area (Å²) in [4.78, 5) is 2.20. The minimum Gasteiger partial charge on any atom is -0.326 e. The molecule has 0 unspecified atom stereocenters. The third kappa shape index (κ3) is 5.24. The first-order chi connectivity index (χ1) is 7.37. The van der Waals surface area contributed by atoms with E-state index in [1.165, 1.54) is 12.1 Å². The number of hydrogen-bond acceptors (Lipinski definition) is 2. The molecule has 0 fully saturated rings. The van der Waals surface area contributed by atoms with E-state index in [0.717, 1.165) is 25.1 Å². The molecule has 0 heterocycles. The van der Waals surface area contributed by atoms with E-state index in [1.807, 2.05) is 26.0 Å². The maximum absolute atomic E-state index is 12.7. The SMILES string of the molecule is CN(CCC(C)(C)N)Cc1ccc(F)cc1. The van der Waals surface area contributed by atoms with Crippen LogP contribution >= 0.6 is 0 Å². The average Bonchev–Trinajstić information content (AvgIpc) is 2.18. The third-order valence-corrected chi connectivity index (χ3v) is 2.50. The summed E-state index contributed by atoms with van der Waals surface area (Å²) in [6.07, 6.45) is 0.949. The van der Waals surface area contributed by atoms with Crippen LogP contribution in [0, 0.1) is 5.82 Å². The van der Waals surface area contributed by atoms with Crippen LogP contribution in [0.1, 0.15) is 25.8 Å². The zero-order valence-corrected chi connectivity index (χ0v) is 10.3. The summed E-state index contributed by atoms with van der Waals surface area (Å²) in [6, 6.07) is 6.63. The van der Waals surface area contributed by atoms with Crippen LogP contribution in [-0.4, -0.2) is 24.0 Å². The Kier molecular flexibility index (Phi) is 4.44. The van der Waals surface area contributed by atoms with Crippen molar-refractivity contribution in [2.24, 2.45) is 5.73 Å². The monoisotopic (exact) mass is 224 g/mol. The standard InChI is InChI=1S/C13H21FN2/c1-13(2,15)8-9-16(3)10-11-4-6-12(14)7-5-11/h4-7H,8-10,15H2,1-3H3. The van der Waals surface area contributed by atoms with E-state index < -0.39 is 0 Å². The summed E-state index contributed by atoms with van der Waals surface area (Å²) >= 11 is 0. The van der Waals surface area contributed by atoms with Gasteiger partial charge in [0.1, 0.15) is 5.82 Å². The Hall–Kier alpha value is -0.930. The molecule has 0 aromatic heterocycles. The van der Waals surface area contributed by atoms with Gasteiger partial charge in [-0.1, -0.05) is 12.1 Å². The van der Waals surface area contributed by atoms with Crippen molar-refractivity contribution in [3.8, 4) is 0 Å². The van der Waals surface area contributed by atoms with Gasteiger partial charge in [-0.2, -0.15) is 0 Å². The highest BCUT2D eigenvalue weighted by molar-refractivity contribution is 5.15. The maximum Gasteiger partial charge on any atom is 0.123 e. The summed E-state index contributed by atoms with van der Waals surface area (Å²) < 4.78 is 12.7. The van der Waals surface area contributed by atoms with Gasteiger partial charge in [-0.25, -0.2) is 4.39 Å². The highest BCUT2D eigenvalue weighted by Crippen LogP contribution is 2.08. The van der Waals surface area contributed by atoms with Crippen LogP contribution in [0.3, 0.4) is 0 Å². The van der Waals surface area contributed by atoms with Gasteiger partial charge < -0.3 is 10.6 Å². The predicted octanol–water partition coefficient (Wildman–Crippen LogP) is 2.38. The van der Waals surface area contributed by atoms with Gasteiger partial charge in [-0.05, 0) is 51.6 Å². The van der Waals surface area contributed by atoms with E-state index in [0.29, 0.717) is 0 Å². The predicted molar refractivity (Wildman–Crippen MR) is 65.6 cm³/mol. The molecular formula is C13H21FN2. The Labute approximate surface area is 97.3 Å². The molecule has 0 aliphatic heterocycles. The van der Waals surface area contributed by atoms with Gasteiger partial charge in [0.15, 0.2) is 0 Å². The number of nitrogens with two attached hydrogens (primary N) is 1. The van der Waals surface area contributed by atoms with Crippen LogP contribution in [0.4, 0.5) is 4.39 Å². The Balaban J connectivity index is 2.39. The van der Waals surface area contributed by atoms with Crippen LogP contribution in [-0.2, 0) is 6.54 Å². The van der Waals surface area contributed by atoms with Gasteiger partial charge in [-0.15, -0.1) is 0 Å². The lowest BCUT2D eigenvalue weighted by atomic mass is 10.0. The topological polar surface area (TPSA) is 29.3 Å². The maximum atomic E-state index is 12.7. The lowest BCUT2D eigenvalue weighted by molar-refractivity contribution is 0.289. The summed E-state index contributed by atoms with van der Waals surface area (Å²) in [5, 5.41) is 0. The Morgan fingerprint density at radius 1 is 1.25 bits per heavy atom. The molecule has 0 aliphatic carbocycles. The molecule has 0 saturated heterocycles. The molecule has 90 valence electrons. The van der Waals surface area contributed by atoms with Crippen molar-refractivity contribution >= 4 is 0 Å². The molecule has 3 heteroatoms. The second-order valence-electron chi connectivity index (χ2n) is 5.10. The van der Waals surface area contributed by atoms with E-state index in [2.05, 4.69) is 11.9 Å². The van der Waals surface area contributed by atoms with Gasteiger partial charge in [0.2, 0.25) is 0 Å². The fourth-order valence-corrected chi connectivity index (χ4v) is 1.46. The smallest absolute Gasteiger partial charge is 0.123 e. The highest BCUT2D eigenvalue weighted by Gasteiger charge is 2.11. The summed E-state index contributed by atoms with van der Waals surface area (Å²) in [7, 11) is 2.05.